The van der Waals surface area contributed by atoms with Gasteiger partial charge in [0, 0.05) is 12.1 Å². The fraction of sp³-hybridized carbons (Fsp3) is 0.235. The van der Waals surface area contributed by atoms with Gasteiger partial charge in [-0.25, -0.2) is 4.39 Å². The number of aryl methyl sites for hydroxylation is 2. The molecule has 0 saturated carbocycles. The Morgan fingerprint density at radius 3 is 2.76 bits per heavy atom. The second kappa shape index (κ2) is 6.88. The Balaban J connectivity index is 1.82. The van der Waals surface area contributed by atoms with Crippen LogP contribution in [0.1, 0.15) is 23.1 Å². The summed E-state index contributed by atoms with van der Waals surface area (Å²) in [5.41, 5.74) is 8.96. The molecule has 110 valence electrons. The van der Waals surface area contributed by atoms with Crippen LogP contribution >= 0.6 is 0 Å². The third-order valence-corrected chi connectivity index (χ3v) is 3.26. The van der Waals surface area contributed by atoms with Gasteiger partial charge in [-0.1, -0.05) is 18.2 Å². The lowest BCUT2D eigenvalue weighted by molar-refractivity contribution is -0.144. The molecule has 0 aromatic heterocycles. The zero-order valence-corrected chi connectivity index (χ0v) is 11.9. The number of anilines is 1. The van der Waals surface area contributed by atoms with Crippen LogP contribution in [0.3, 0.4) is 0 Å². The number of carbonyl (C=O) groups excluding carboxylic acids is 1. The molecule has 0 saturated heterocycles. The summed E-state index contributed by atoms with van der Waals surface area (Å²) in [7, 11) is 0. The average Bonchev–Trinajstić information content (AvgIpc) is 2.44. The van der Waals surface area contributed by atoms with E-state index in [1.807, 2.05) is 18.2 Å². The first-order valence-electron chi connectivity index (χ1n) is 6.79. The van der Waals surface area contributed by atoms with Crippen LogP contribution in [0.2, 0.25) is 0 Å². The van der Waals surface area contributed by atoms with Gasteiger partial charge in [0.15, 0.2) is 0 Å². The smallest absolute Gasteiger partial charge is 0.306 e. The lowest BCUT2D eigenvalue weighted by Crippen LogP contribution is -2.07. The van der Waals surface area contributed by atoms with Gasteiger partial charge in [0.1, 0.15) is 12.4 Å². The minimum absolute atomic E-state index is 0.169. The van der Waals surface area contributed by atoms with E-state index in [1.54, 1.807) is 19.1 Å². The fourth-order valence-corrected chi connectivity index (χ4v) is 2.05. The number of ether oxygens (including phenoxy) is 1. The van der Waals surface area contributed by atoms with Crippen LogP contribution < -0.4 is 5.73 Å². The maximum atomic E-state index is 13.0. The SMILES string of the molecule is Cc1cc(F)ccc1COC(=O)CCc1cccc(N)c1. The minimum Gasteiger partial charge on any atom is -0.461 e. The van der Waals surface area contributed by atoms with Crippen molar-refractivity contribution in [1.29, 1.82) is 0 Å². The van der Waals surface area contributed by atoms with Gasteiger partial charge in [-0.3, -0.25) is 4.79 Å². The molecule has 0 atom stereocenters. The summed E-state index contributed by atoms with van der Waals surface area (Å²) in [5.74, 6) is -0.564. The highest BCUT2D eigenvalue weighted by Crippen LogP contribution is 2.13. The Hall–Kier alpha value is -2.36. The zero-order valence-electron chi connectivity index (χ0n) is 11.9. The highest BCUT2D eigenvalue weighted by Gasteiger charge is 2.06. The van der Waals surface area contributed by atoms with Crippen molar-refractivity contribution in [3.63, 3.8) is 0 Å². The summed E-state index contributed by atoms with van der Waals surface area (Å²) in [4.78, 5) is 11.7. The van der Waals surface area contributed by atoms with Gasteiger partial charge < -0.3 is 10.5 Å². The van der Waals surface area contributed by atoms with Gasteiger partial charge in [-0.15, -0.1) is 0 Å². The van der Waals surface area contributed by atoms with Crippen molar-refractivity contribution in [1.82, 2.24) is 0 Å². The maximum Gasteiger partial charge on any atom is 0.306 e. The summed E-state index contributed by atoms with van der Waals surface area (Å²) in [5, 5.41) is 0. The Kier molecular flexibility index (Phi) is 4.93. The first kappa shape index (κ1) is 15.0. The topological polar surface area (TPSA) is 52.3 Å². The van der Waals surface area contributed by atoms with Gasteiger partial charge >= 0.3 is 5.97 Å². The summed E-state index contributed by atoms with van der Waals surface area (Å²) in [6.45, 7) is 1.96. The summed E-state index contributed by atoms with van der Waals surface area (Å²) >= 11 is 0. The third-order valence-electron chi connectivity index (χ3n) is 3.26. The van der Waals surface area contributed by atoms with E-state index >= 15 is 0 Å². The van der Waals surface area contributed by atoms with E-state index in [1.165, 1.54) is 12.1 Å². The van der Waals surface area contributed by atoms with E-state index in [0.29, 0.717) is 18.5 Å². The van der Waals surface area contributed by atoms with E-state index in [0.717, 1.165) is 16.7 Å². The molecule has 2 N–H and O–H groups in total. The van der Waals surface area contributed by atoms with Crippen LogP contribution in [0.15, 0.2) is 42.5 Å². The van der Waals surface area contributed by atoms with Gasteiger partial charge in [-0.2, -0.15) is 0 Å². The van der Waals surface area contributed by atoms with Crippen LogP contribution in [0.4, 0.5) is 10.1 Å². The first-order valence-corrected chi connectivity index (χ1v) is 6.79. The largest absolute Gasteiger partial charge is 0.461 e. The summed E-state index contributed by atoms with van der Waals surface area (Å²) in [6, 6.07) is 11.9. The minimum atomic E-state index is -0.288. The zero-order chi connectivity index (χ0) is 15.2. The van der Waals surface area contributed by atoms with Crippen molar-refractivity contribution in [2.75, 3.05) is 5.73 Å². The van der Waals surface area contributed by atoms with Crippen molar-refractivity contribution in [3.8, 4) is 0 Å². The van der Waals surface area contributed by atoms with E-state index in [4.69, 9.17) is 10.5 Å². The maximum absolute atomic E-state index is 13.0. The van der Waals surface area contributed by atoms with Crippen molar-refractivity contribution in [2.45, 2.75) is 26.4 Å². The molecule has 3 nitrogen and oxygen atoms in total. The molecule has 0 fully saturated rings. The molecule has 0 aliphatic heterocycles. The molecular weight excluding hydrogens is 269 g/mol. The predicted octanol–water partition coefficient (Wildman–Crippen LogP) is 3.39. The molecule has 0 bridgehead atoms. The molecule has 2 aromatic rings. The van der Waals surface area contributed by atoms with Crippen LogP contribution in [0.5, 0.6) is 0 Å². The van der Waals surface area contributed by atoms with Crippen LogP contribution in [0, 0.1) is 12.7 Å². The molecule has 0 spiro atoms. The van der Waals surface area contributed by atoms with Crippen LogP contribution in [-0.4, -0.2) is 5.97 Å². The highest BCUT2D eigenvalue weighted by atomic mass is 19.1. The van der Waals surface area contributed by atoms with Crippen LogP contribution in [-0.2, 0) is 22.6 Å². The number of carbonyl (C=O) groups is 1. The molecule has 2 rings (SSSR count). The molecule has 0 radical (unpaired) electrons. The Morgan fingerprint density at radius 2 is 2.05 bits per heavy atom. The Morgan fingerprint density at radius 1 is 1.24 bits per heavy atom. The molecule has 2 aromatic carbocycles. The standard InChI is InChI=1S/C17H18FNO2/c1-12-9-15(18)7-6-14(12)11-21-17(20)8-5-13-3-2-4-16(19)10-13/h2-4,6-7,9-10H,5,8,11,19H2,1H3. The van der Waals surface area contributed by atoms with Crippen molar-refractivity contribution in [3.05, 3.63) is 65.0 Å². The number of nitrogen functional groups attached to an aromatic ring is 1. The third kappa shape index (κ3) is 4.60. The monoisotopic (exact) mass is 287 g/mol. The summed E-state index contributed by atoms with van der Waals surface area (Å²) in [6.07, 6.45) is 0.885. The molecule has 4 heteroatoms. The molecule has 0 heterocycles. The number of esters is 1. The first-order chi connectivity index (χ1) is 10.0. The molecule has 0 unspecified atom stereocenters. The van der Waals surface area contributed by atoms with E-state index in [9.17, 15) is 9.18 Å². The highest BCUT2D eigenvalue weighted by molar-refractivity contribution is 5.69. The summed E-state index contributed by atoms with van der Waals surface area (Å²) < 4.78 is 18.2. The molecule has 0 aliphatic rings. The molecule has 21 heavy (non-hydrogen) atoms. The molecular formula is C17H18FNO2. The Labute approximate surface area is 123 Å². The normalized spacial score (nSPS) is 10.4. The number of nitrogens with two attached hydrogens (primary N) is 1. The lowest BCUT2D eigenvalue weighted by Gasteiger charge is -2.08. The number of rotatable bonds is 5. The quantitative estimate of drug-likeness (QED) is 0.677. The van der Waals surface area contributed by atoms with Crippen molar-refractivity contribution in [2.24, 2.45) is 0 Å². The van der Waals surface area contributed by atoms with Gasteiger partial charge in [-0.05, 0) is 54.3 Å². The van der Waals surface area contributed by atoms with E-state index in [-0.39, 0.29) is 18.4 Å². The number of halogens is 1. The van der Waals surface area contributed by atoms with Crippen molar-refractivity contribution < 1.29 is 13.9 Å². The number of benzene rings is 2. The predicted molar refractivity (Wildman–Crippen MR) is 80.1 cm³/mol. The molecule has 0 aliphatic carbocycles. The fourth-order valence-electron chi connectivity index (χ4n) is 2.05. The van der Waals surface area contributed by atoms with E-state index in [2.05, 4.69) is 0 Å². The molecule has 0 amide bonds. The van der Waals surface area contributed by atoms with Gasteiger partial charge in [0.25, 0.3) is 0 Å². The van der Waals surface area contributed by atoms with E-state index < -0.39 is 0 Å². The lowest BCUT2D eigenvalue weighted by atomic mass is 10.1. The van der Waals surface area contributed by atoms with Crippen molar-refractivity contribution >= 4 is 11.7 Å². The van der Waals surface area contributed by atoms with Gasteiger partial charge in [0.05, 0.1) is 0 Å². The second-order valence-corrected chi connectivity index (χ2v) is 4.98. The second-order valence-electron chi connectivity index (χ2n) is 4.98. The average molecular weight is 287 g/mol. The Bertz CT molecular complexity index is 640. The number of hydrogen-bond donors (Lipinski definition) is 1. The van der Waals surface area contributed by atoms with Crippen LogP contribution in [0.25, 0.3) is 0 Å². The van der Waals surface area contributed by atoms with Gasteiger partial charge in [0.2, 0.25) is 0 Å². The number of hydrogen-bond acceptors (Lipinski definition) is 3.